The van der Waals surface area contributed by atoms with Crippen LogP contribution in [0.4, 0.5) is 13.2 Å². The lowest BCUT2D eigenvalue weighted by Crippen LogP contribution is -2.41. The molecule has 2 heterocycles. The summed E-state index contributed by atoms with van der Waals surface area (Å²) in [4.78, 5) is 29.4. The number of rotatable bonds is 5. The first-order valence-electron chi connectivity index (χ1n) is 6.73. The number of carbonyl (C=O) groups is 2. The Bertz CT molecular complexity index is 740. The first kappa shape index (κ1) is 17.4. The number of nitrogens with zero attached hydrogens (tertiary/aromatic N) is 3. The maximum Gasteiger partial charge on any atom is 0.433 e. The van der Waals surface area contributed by atoms with Gasteiger partial charge in [0.05, 0.1) is 23.9 Å². The fraction of sp³-hybridized carbons (Fsp3) is 0.286. The van der Waals surface area contributed by atoms with Gasteiger partial charge in [0, 0.05) is 19.5 Å². The number of nitrogens with one attached hydrogen (secondary N) is 1. The first-order chi connectivity index (χ1) is 11.2. The number of halogens is 3. The van der Waals surface area contributed by atoms with Crippen molar-refractivity contribution >= 4 is 11.9 Å². The summed E-state index contributed by atoms with van der Waals surface area (Å²) in [6, 6.07) is 0.924. The normalized spacial score (nSPS) is 12.7. The highest BCUT2D eigenvalue weighted by molar-refractivity contribution is 5.82. The van der Waals surface area contributed by atoms with Gasteiger partial charge in [0.1, 0.15) is 11.7 Å². The second-order valence-corrected chi connectivity index (χ2v) is 4.97. The standard InChI is InChI=1S/C14H13F3N4O3/c1-8(22)20-11(13(23)24)4-9-6-21(7-19-9)10-2-3-12(18-5-10)14(15,16)17/h2-3,5-7,11H,4H2,1H3,(H,20,22)(H,23,24)/t11-/m0/s1. The monoisotopic (exact) mass is 342 g/mol. The van der Waals surface area contributed by atoms with Crippen LogP contribution in [0.2, 0.25) is 0 Å². The Morgan fingerprint density at radius 1 is 1.33 bits per heavy atom. The lowest BCUT2D eigenvalue weighted by atomic mass is 10.1. The van der Waals surface area contributed by atoms with Crippen molar-refractivity contribution in [2.45, 2.75) is 25.6 Å². The summed E-state index contributed by atoms with van der Waals surface area (Å²) in [6.07, 6.45) is -0.757. The molecule has 0 saturated carbocycles. The number of pyridine rings is 1. The predicted octanol–water partition coefficient (Wildman–Crippen LogP) is 1.42. The van der Waals surface area contributed by atoms with Gasteiger partial charge in [-0.3, -0.25) is 4.79 Å². The Morgan fingerprint density at radius 3 is 2.54 bits per heavy atom. The summed E-state index contributed by atoms with van der Waals surface area (Å²) < 4.78 is 38.8. The van der Waals surface area contributed by atoms with Crippen molar-refractivity contribution in [3.63, 3.8) is 0 Å². The smallest absolute Gasteiger partial charge is 0.433 e. The van der Waals surface area contributed by atoms with Gasteiger partial charge in [0.25, 0.3) is 0 Å². The van der Waals surface area contributed by atoms with E-state index in [0.717, 1.165) is 12.3 Å². The maximum atomic E-state index is 12.5. The van der Waals surface area contributed by atoms with Crippen LogP contribution in [0.5, 0.6) is 0 Å². The molecule has 0 radical (unpaired) electrons. The van der Waals surface area contributed by atoms with Crippen molar-refractivity contribution in [2.24, 2.45) is 0 Å². The molecule has 2 N–H and O–H groups in total. The minimum Gasteiger partial charge on any atom is -0.480 e. The van der Waals surface area contributed by atoms with Crippen molar-refractivity contribution in [3.05, 3.63) is 42.2 Å². The number of amides is 1. The Kier molecular flexibility index (Phi) is 4.86. The largest absolute Gasteiger partial charge is 0.480 e. The molecule has 128 valence electrons. The highest BCUT2D eigenvalue weighted by atomic mass is 19.4. The second-order valence-electron chi connectivity index (χ2n) is 4.97. The molecule has 0 saturated heterocycles. The van der Waals surface area contributed by atoms with Gasteiger partial charge < -0.3 is 15.0 Å². The fourth-order valence-corrected chi connectivity index (χ4v) is 1.97. The number of alkyl halides is 3. The van der Waals surface area contributed by atoms with Crippen LogP contribution in [0, 0.1) is 0 Å². The number of carbonyl (C=O) groups excluding carboxylic acids is 1. The highest BCUT2D eigenvalue weighted by Crippen LogP contribution is 2.27. The van der Waals surface area contributed by atoms with Gasteiger partial charge in [-0.25, -0.2) is 14.8 Å². The molecule has 2 rings (SSSR count). The molecule has 24 heavy (non-hydrogen) atoms. The molecular weight excluding hydrogens is 329 g/mol. The minimum atomic E-state index is -4.52. The topological polar surface area (TPSA) is 97.1 Å². The molecule has 0 aliphatic carbocycles. The Labute approximate surface area is 134 Å². The molecule has 1 amide bonds. The quantitative estimate of drug-likeness (QED) is 0.856. The third kappa shape index (κ3) is 4.31. The third-order valence-corrected chi connectivity index (χ3v) is 3.06. The van der Waals surface area contributed by atoms with Crippen LogP contribution in [0.1, 0.15) is 18.3 Å². The van der Waals surface area contributed by atoms with Crippen LogP contribution in [-0.4, -0.2) is 37.6 Å². The van der Waals surface area contributed by atoms with Crippen LogP contribution < -0.4 is 5.32 Å². The number of hydrogen-bond donors (Lipinski definition) is 2. The Morgan fingerprint density at radius 2 is 2.04 bits per heavy atom. The minimum absolute atomic E-state index is 0.0595. The summed E-state index contributed by atoms with van der Waals surface area (Å²) in [5, 5.41) is 11.3. The van der Waals surface area contributed by atoms with E-state index in [0.29, 0.717) is 11.4 Å². The van der Waals surface area contributed by atoms with Crippen molar-refractivity contribution < 1.29 is 27.9 Å². The lowest BCUT2D eigenvalue weighted by molar-refractivity contribution is -0.141. The molecule has 0 aromatic carbocycles. The van der Waals surface area contributed by atoms with Crippen LogP contribution in [0.3, 0.4) is 0 Å². The van der Waals surface area contributed by atoms with Crippen molar-refractivity contribution in [1.29, 1.82) is 0 Å². The third-order valence-electron chi connectivity index (χ3n) is 3.06. The van der Waals surface area contributed by atoms with Crippen molar-refractivity contribution in [1.82, 2.24) is 19.9 Å². The van der Waals surface area contributed by atoms with Crippen LogP contribution >= 0.6 is 0 Å². The van der Waals surface area contributed by atoms with E-state index in [1.54, 1.807) is 0 Å². The van der Waals surface area contributed by atoms with Crippen LogP contribution in [-0.2, 0) is 22.2 Å². The predicted molar refractivity (Wildman–Crippen MR) is 75.3 cm³/mol. The number of carboxylic acids is 1. The van der Waals surface area contributed by atoms with E-state index in [2.05, 4.69) is 15.3 Å². The maximum absolute atomic E-state index is 12.5. The van der Waals surface area contributed by atoms with Gasteiger partial charge in [-0.1, -0.05) is 0 Å². The molecular formula is C14H13F3N4O3. The molecule has 2 aromatic heterocycles. The first-order valence-corrected chi connectivity index (χ1v) is 6.73. The zero-order valence-electron chi connectivity index (χ0n) is 12.4. The van der Waals surface area contributed by atoms with Gasteiger partial charge in [-0.2, -0.15) is 13.2 Å². The van der Waals surface area contributed by atoms with Gasteiger partial charge in [0.2, 0.25) is 5.91 Å². The average Bonchev–Trinajstić information content (AvgIpc) is 2.94. The van der Waals surface area contributed by atoms with Crippen LogP contribution in [0.25, 0.3) is 5.69 Å². The van der Waals surface area contributed by atoms with E-state index in [-0.39, 0.29) is 6.42 Å². The Balaban J connectivity index is 2.15. The molecule has 0 bridgehead atoms. The van der Waals surface area contributed by atoms with E-state index in [1.165, 1.54) is 30.1 Å². The second kappa shape index (κ2) is 6.69. The van der Waals surface area contributed by atoms with E-state index in [1.807, 2.05) is 0 Å². The molecule has 0 aliphatic rings. The summed E-state index contributed by atoms with van der Waals surface area (Å²) in [5.41, 5.74) is -0.313. The van der Waals surface area contributed by atoms with Gasteiger partial charge in [0.15, 0.2) is 0 Å². The van der Waals surface area contributed by atoms with Gasteiger partial charge >= 0.3 is 12.1 Å². The molecule has 0 spiro atoms. The van der Waals surface area contributed by atoms with Crippen LogP contribution in [0.15, 0.2) is 30.9 Å². The fourth-order valence-electron chi connectivity index (χ4n) is 1.97. The molecule has 10 heteroatoms. The van der Waals surface area contributed by atoms with E-state index < -0.39 is 29.8 Å². The number of imidazole rings is 1. The zero-order valence-corrected chi connectivity index (χ0v) is 12.4. The molecule has 2 aromatic rings. The zero-order chi connectivity index (χ0) is 17.9. The number of aliphatic carboxylic acids is 1. The molecule has 0 fully saturated rings. The number of carboxylic acid groups (broad SMARTS) is 1. The molecule has 1 atom stereocenters. The Hall–Kier alpha value is -2.91. The molecule has 0 aliphatic heterocycles. The van der Waals surface area contributed by atoms with E-state index >= 15 is 0 Å². The summed E-state index contributed by atoms with van der Waals surface area (Å²) >= 11 is 0. The van der Waals surface area contributed by atoms with Gasteiger partial charge in [-0.05, 0) is 12.1 Å². The van der Waals surface area contributed by atoms with E-state index in [4.69, 9.17) is 5.11 Å². The SMILES string of the molecule is CC(=O)N[C@@H](Cc1cn(-c2ccc(C(F)(F)F)nc2)cn1)C(=O)O. The average molecular weight is 342 g/mol. The lowest BCUT2D eigenvalue weighted by Gasteiger charge is -2.11. The molecule has 0 unspecified atom stereocenters. The molecule has 7 nitrogen and oxygen atoms in total. The summed E-state index contributed by atoms with van der Waals surface area (Å²) in [6.45, 7) is 1.20. The van der Waals surface area contributed by atoms with Crippen molar-refractivity contribution in [3.8, 4) is 5.69 Å². The summed E-state index contributed by atoms with van der Waals surface area (Å²) in [7, 11) is 0. The highest BCUT2D eigenvalue weighted by Gasteiger charge is 2.32. The van der Waals surface area contributed by atoms with Crippen molar-refractivity contribution in [2.75, 3.05) is 0 Å². The summed E-state index contributed by atoms with van der Waals surface area (Å²) in [5.74, 6) is -1.70. The number of hydrogen-bond acceptors (Lipinski definition) is 4. The number of aromatic nitrogens is 3. The van der Waals surface area contributed by atoms with Gasteiger partial charge in [-0.15, -0.1) is 0 Å². The van der Waals surface area contributed by atoms with E-state index in [9.17, 15) is 22.8 Å².